The van der Waals surface area contributed by atoms with Crippen molar-refractivity contribution in [1.29, 1.82) is 0 Å². The van der Waals surface area contributed by atoms with Crippen molar-refractivity contribution in [3.63, 3.8) is 0 Å². The van der Waals surface area contributed by atoms with Crippen molar-refractivity contribution >= 4 is 11.9 Å². The SMILES string of the molecule is O=C(O)C(F)(F)F.O=C(O)C1CC2(c3ccccc3)C(OCc3cc(C(F)(F)F)cc(C(F)(F)F)c3)NCC1C2Cc1ccccc1. The molecule has 2 aliphatic rings. The number of carboxylic acid groups (broad SMARTS) is 2. The van der Waals surface area contributed by atoms with Gasteiger partial charge in [-0.1, -0.05) is 60.7 Å². The normalized spacial score (nSPS) is 24.3. The third kappa shape index (κ3) is 8.07. The second-order valence-electron chi connectivity index (χ2n) is 11.3. The quantitative estimate of drug-likeness (QED) is 0.227. The van der Waals surface area contributed by atoms with Gasteiger partial charge in [0, 0.05) is 12.0 Å². The summed E-state index contributed by atoms with van der Waals surface area (Å²) in [6.07, 6.45) is -15.1. The monoisotopic (exact) mass is 677 g/mol. The molecule has 0 aromatic heterocycles. The van der Waals surface area contributed by atoms with Gasteiger partial charge in [0.05, 0.1) is 23.7 Å². The lowest BCUT2D eigenvalue weighted by atomic mass is 9.65. The van der Waals surface area contributed by atoms with Gasteiger partial charge in [-0.3, -0.25) is 10.1 Å². The number of piperidine rings is 1. The van der Waals surface area contributed by atoms with E-state index < -0.39 is 65.8 Å². The first-order valence-corrected chi connectivity index (χ1v) is 14.1. The smallest absolute Gasteiger partial charge is 0.481 e. The van der Waals surface area contributed by atoms with E-state index in [1.165, 1.54) is 0 Å². The zero-order valence-corrected chi connectivity index (χ0v) is 24.2. The predicted octanol–water partition coefficient (Wildman–Crippen LogP) is 7.32. The number of hydrogen-bond donors (Lipinski definition) is 3. The van der Waals surface area contributed by atoms with Crippen molar-refractivity contribution in [1.82, 2.24) is 5.32 Å². The number of alkyl halides is 9. The minimum Gasteiger partial charge on any atom is -0.481 e. The highest BCUT2D eigenvalue weighted by Gasteiger charge is 2.62. The van der Waals surface area contributed by atoms with E-state index in [2.05, 4.69) is 5.32 Å². The maximum Gasteiger partial charge on any atom is 0.490 e. The van der Waals surface area contributed by atoms with Gasteiger partial charge in [0.15, 0.2) is 0 Å². The molecule has 1 saturated heterocycles. The Morgan fingerprint density at radius 1 is 0.787 bits per heavy atom. The van der Waals surface area contributed by atoms with Gasteiger partial charge in [-0.15, -0.1) is 0 Å². The summed E-state index contributed by atoms with van der Waals surface area (Å²) >= 11 is 0. The number of halogens is 9. The molecule has 5 atom stereocenters. The summed E-state index contributed by atoms with van der Waals surface area (Å²) in [4.78, 5) is 21.3. The van der Waals surface area contributed by atoms with Gasteiger partial charge in [-0.05, 0) is 59.6 Å². The molecule has 254 valence electrons. The van der Waals surface area contributed by atoms with Crippen LogP contribution in [0.15, 0.2) is 78.9 Å². The van der Waals surface area contributed by atoms with Crippen LogP contribution in [0.1, 0.15) is 34.2 Å². The molecule has 1 saturated carbocycles. The number of rotatable bonds is 7. The number of carbonyl (C=O) groups is 2. The summed E-state index contributed by atoms with van der Waals surface area (Å²) in [6, 6.07) is 20.2. The fourth-order valence-electron chi connectivity index (χ4n) is 6.53. The van der Waals surface area contributed by atoms with E-state index in [9.17, 15) is 49.4 Å². The number of fused-ring (bicyclic) bond motifs is 2. The molecule has 2 fully saturated rings. The van der Waals surface area contributed by atoms with E-state index in [0.29, 0.717) is 18.6 Å². The number of benzene rings is 3. The Labute approximate surface area is 262 Å². The minimum absolute atomic E-state index is 0.0860. The van der Waals surface area contributed by atoms with Gasteiger partial charge in [-0.25, -0.2) is 4.79 Å². The Kier molecular flexibility index (Phi) is 10.3. The summed E-state index contributed by atoms with van der Waals surface area (Å²) in [5.41, 5.74) is -2.19. The highest BCUT2D eigenvalue weighted by molar-refractivity contribution is 5.73. The molecule has 1 aliphatic carbocycles. The number of ether oxygens (including phenoxy) is 1. The first-order valence-electron chi connectivity index (χ1n) is 14.1. The molecule has 3 N–H and O–H groups in total. The molecule has 5 unspecified atom stereocenters. The van der Waals surface area contributed by atoms with Crippen molar-refractivity contribution in [2.75, 3.05) is 6.54 Å². The average molecular weight is 678 g/mol. The maximum absolute atomic E-state index is 13.4. The van der Waals surface area contributed by atoms with Crippen molar-refractivity contribution in [3.8, 4) is 0 Å². The topological polar surface area (TPSA) is 95.9 Å². The second kappa shape index (κ2) is 13.6. The molecule has 15 heteroatoms. The van der Waals surface area contributed by atoms with Crippen LogP contribution in [0, 0.1) is 17.8 Å². The number of carboxylic acids is 2. The van der Waals surface area contributed by atoms with Gasteiger partial charge in [-0.2, -0.15) is 39.5 Å². The van der Waals surface area contributed by atoms with Crippen LogP contribution in [0.3, 0.4) is 0 Å². The number of aliphatic carboxylic acids is 2. The summed E-state index contributed by atoms with van der Waals surface area (Å²) in [5.74, 6) is -4.89. The molecule has 2 bridgehead atoms. The second-order valence-corrected chi connectivity index (χ2v) is 11.3. The average Bonchev–Trinajstić information content (AvgIpc) is 3.20. The zero-order chi connectivity index (χ0) is 34.8. The van der Waals surface area contributed by atoms with Crippen LogP contribution in [-0.2, 0) is 45.1 Å². The first kappa shape index (κ1) is 35.7. The molecule has 1 aliphatic heterocycles. The number of nitrogens with one attached hydrogen (secondary N) is 1. The zero-order valence-electron chi connectivity index (χ0n) is 24.2. The molecule has 0 amide bonds. The molecule has 5 rings (SSSR count). The molecule has 6 nitrogen and oxygen atoms in total. The van der Waals surface area contributed by atoms with Gasteiger partial charge in [0.1, 0.15) is 6.23 Å². The van der Waals surface area contributed by atoms with Gasteiger partial charge < -0.3 is 14.9 Å². The van der Waals surface area contributed by atoms with Crippen molar-refractivity contribution < 1.29 is 64.1 Å². The summed E-state index contributed by atoms with van der Waals surface area (Å²) in [7, 11) is 0. The molecular formula is C32H28F9NO5. The molecule has 47 heavy (non-hydrogen) atoms. The van der Waals surface area contributed by atoms with Crippen LogP contribution in [0.5, 0.6) is 0 Å². The van der Waals surface area contributed by atoms with E-state index in [0.717, 1.165) is 11.1 Å². The third-order valence-corrected chi connectivity index (χ3v) is 8.49. The van der Waals surface area contributed by atoms with Gasteiger partial charge >= 0.3 is 30.5 Å². The van der Waals surface area contributed by atoms with Crippen LogP contribution in [0.2, 0.25) is 0 Å². The van der Waals surface area contributed by atoms with E-state index in [1.54, 1.807) is 0 Å². The van der Waals surface area contributed by atoms with Crippen molar-refractivity contribution in [3.05, 3.63) is 107 Å². The Morgan fingerprint density at radius 2 is 1.30 bits per heavy atom. The van der Waals surface area contributed by atoms with E-state index >= 15 is 0 Å². The Morgan fingerprint density at radius 3 is 1.77 bits per heavy atom. The fourth-order valence-corrected chi connectivity index (χ4v) is 6.53. The fraction of sp³-hybridized carbons (Fsp3) is 0.375. The Hall–Kier alpha value is -4.11. The lowest BCUT2D eigenvalue weighted by molar-refractivity contribution is -0.192. The summed E-state index contributed by atoms with van der Waals surface area (Å²) < 4.78 is 119. The summed E-state index contributed by atoms with van der Waals surface area (Å²) in [5, 5.41) is 20.5. The molecule has 1 heterocycles. The van der Waals surface area contributed by atoms with Crippen molar-refractivity contribution in [2.24, 2.45) is 17.8 Å². The summed E-state index contributed by atoms with van der Waals surface area (Å²) in [6.45, 7) is -0.246. The van der Waals surface area contributed by atoms with Gasteiger partial charge in [0.25, 0.3) is 0 Å². The van der Waals surface area contributed by atoms with Crippen molar-refractivity contribution in [2.45, 2.75) is 49.6 Å². The minimum atomic E-state index is -5.08. The molecule has 3 aromatic rings. The van der Waals surface area contributed by atoms with E-state index in [-0.39, 0.29) is 36.4 Å². The predicted molar refractivity (Wildman–Crippen MR) is 148 cm³/mol. The van der Waals surface area contributed by atoms with Crippen LogP contribution in [0.4, 0.5) is 39.5 Å². The molecular weight excluding hydrogens is 649 g/mol. The van der Waals surface area contributed by atoms with Crippen LogP contribution >= 0.6 is 0 Å². The number of hydrogen-bond acceptors (Lipinski definition) is 4. The highest BCUT2D eigenvalue weighted by Crippen LogP contribution is 2.57. The van der Waals surface area contributed by atoms with E-state index in [4.69, 9.17) is 14.6 Å². The maximum atomic E-state index is 13.4. The standard InChI is InChI=1S/C30H27F6NO3.C2HF3O2/c31-29(32,33)21-11-19(12-22(14-21)30(34,35)36)17-40-27-28(20-9-5-2-6-10-20)15-23(26(38)39)24(16-37-27)25(28)13-18-7-3-1-4-8-18;3-2(4,5)1(6)7/h1-12,14,23-25,27,37H,13,15-17H2,(H,38,39);(H,6,7). The van der Waals surface area contributed by atoms with E-state index in [1.807, 2.05) is 60.7 Å². The lowest BCUT2D eigenvalue weighted by Gasteiger charge is -2.48. The third-order valence-electron chi connectivity index (χ3n) is 8.49. The van der Waals surface area contributed by atoms with Crippen LogP contribution in [-0.4, -0.2) is 41.1 Å². The van der Waals surface area contributed by atoms with Gasteiger partial charge in [0.2, 0.25) is 0 Å². The molecule has 0 radical (unpaired) electrons. The Balaban J connectivity index is 0.000000644. The largest absolute Gasteiger partial charge is 0.490 e. The highest BCUT2D eigenvalue weighted by atomic mass is 19.4. The van der Waals surface area contributed by atoms with Crippen LogP contribution < -0.4 is 5.32 Å². The molecule has 3 aromatic carbocycles. The lowest BCUT2D eigenvalue weighted by Crippen LogP contribution is -2.58. The first-order chi connectivity index (χ1) is 21.8. The molecule has 0 spiro atoms. The van der Waals surface area contributed by atoms with Crippen LogP contribution in [0.25, 0.3) is 0 Å². The Bertz CT molecular complexity index is 1510.